The fourth-order valence-corrected chi connectivity index (χ4v) is 2.96. The number of nitrogens with one attached hydrogen (secondary N) is 1. The lowest BCUT2D eigenvalue weighted by Gasteiger charge is -2.14. The van der Waals surface area contributed by atoms with Crippen LogP contribution in [-0.2, 0) is 11.3 Å². The number of carbonyl (C=O) groups excluding carboxylic acids is 1. The van der Waals surface area contributed by atoms with Gasteiger partial charge in [-0.15, -0.1) is 0 Å². The maximum Gasteiger partial charge on any atom is 0.271 e. The van der Waals surface area contributed by atoms with Crippen LogP contribution in [0.5, 0.6) is 0 Å². The van der Waals surface area contributed by atoms with Gasteiger partial charge in [-0.05, 0) is 44.9 Å². The number of aryl methyl sites for hydroxylation is 1. The van der Waals surface area contributed by atoms with Crippen molar-refractivity contribution in [2.24, 2.45) is 5.10 Å². The van der Waals surface area contributed by atoms with Gasteiger partial charge in [0.05, 0.1) is 12.3 Å². The molecular formula is C18H22N4O2. The van der Waals surface area contributed by atoms with Gasteiger partial charge in [-0.25, -0.2) is 5.43 Å². The minimum atomic E-state index is -0.248. The Hall–Kier alpha value is -2.47. The highest BCUT2D eigenvalue weighted by Crippen LogP contribution is 2.19. The van der Waals surface area contributed by atoms with Gasteiger partial charge in [-0.2, -0.15) is 5.10 Å². The SMILES string of the molecule is Cc1cc(/C=N\NC(=O)c2ccncc2)c(C)n1C[C@@H]1CCCO1. The predicted octanol–water partition coefficient (Wildman–Crippen LogP) is 2.44. The van der Waals surface area contributed by atoms with Crippen LogP contribution in [0.4, 0.5) is 0 Å². The summed E-state index contributed by atoms with van der Waals surface area (Å²) in [5, 5.41) is 4.08. The lowest BCUT2D eigenvalue weighted by atomic mass is 10.2. The van der Waals surface area contributed by atoms with Gasteiger partial charge >= 0.3 is 0 Å². The third-order valence-electron chi connectivity index (χ3n) is 4.34. The smallest absolute Gasteiger partial charge is 0.271 e. The van der Waals surface area contributed by atoms with Crippen LogP contribution in [0.2, 0.25) is 0 Å². The van der Waals surface area contributed by atoms with Gasteiger partial charge in [0, 0.05) is 48.1 Å². The van der Waals surface area contributed by atoms with Gasteiger partial charge < -0.3 is 9.30 Å². The number of ether oxygens (including phenoxy) is 1. The second-order valence-electron chi connectivity index (χ2n) is 6.01. The van der Waals surface area contributed by atoms with Crippen molar-refractivity contribution in [3.8, 4) is 0 Å². The van der Waals surface area contributed by atoms with Crippen molar-refractivity contribution < 1.29 is 9.53 Å². The Morgan fingerprint density at radius 2 is 2.25 bits per heavy atom. The Labute approximate surface area is 141 Å². The molecule has 3 rings (SSSR count). The summed E-state index contributed by atoms with van der Waals surface area (Å²) in [4.78, 5) is 15.8. The summed E-state index contributed by atoms with van der Waals surface area (Å²) in [5.74, 6) is -0.248. The topological polar surface area (TPSA) is 68.5 Å². The first-order chi connectivity index (χ1) is 11.6. The zero-order valence-corrected chi connectivity index (χ0v) is 14.0. The Morgan fingerprint density at radius 1 is 1.46 bits per heavy atom. The molecule has 1 amide bonds. The average molecular weight is 326 g/mol. The second-order valence-corrected chi connectivity index (χ2v) is 6.01. The van der Waals surface area contributed by atoms with Crippen molar-refractivity contribution in [1.29, 1.82) is 0 Å². The van der Waals surface area contributed by atoms with Crippen LogP contribution in [0.25, 0.3) is 0 Å². The van der Waals surface area contributed by atoms with Crippen LogP contribution in [0.1, 0.15) is 40.2 Å². The number of hydrogen-bond donors (Lipinski definition) is 1. The van der Waals surface area contributed by atoms with Gasteiger partial charge in [0.1, 0.15) is 0 Å². The molecule has 1 saturated heterocycles. The van der Waals surface area contributed by atoms with E-state index in [4.69, 9.17) is 4.74 Å². The zero-order valence-electron chi connectivity index (χ0n) is 14.0. The largest absolute Gasteiger partial charge is 0.376 e. The Kier molecular flexibility index (Phi) is 5.05. The highest BCUT2D eigenvalue weighted by molar-refractivity contribution is 5.94. The molecule has 0 aliphatic carbocycles. The fourth-order valence-electron chi connectivity index (χ4n) is 2.96. The minimum absolute atomic E-state index is 0.248. The maximum absolute atomic E-state index is 11.9. The van der Waals surface area contributed by atoms with E-state index in [0.29, 0.717) is 11.7 Å². The molecule has 2 aromatic heterocycles. The van der Waals surface area contributed by atoms with E-state index < -0.39 is 0 Å². The molecule has 126 valence electrons. The molecule has 2 aromatic rings. The summed E-state index contributed by atoms with van der Waals surface area (Å²) in [6.07, 6.45) is 7.40. The zero-order chi connectivity index (χ0) is 16.9. The number of pyridine rings is 1. The van der Waals surface area contributed by atoms with Crippen molar-refractivity contribution in [3.05, 3.63) is 53.1 Å². The lowest BCUT2D eigenvalue weighted by Crippen LogP contribution is -2.18. The van der Waals surface area contributed by atoms with Crippen LogP contribution >= 0.6 is 0 Å². The number of hydrogen-bond acceptors (Lipinski definition) is 4. The number of hydrazone groups is 1. The van der Waals surface area contributed by atoms with Crippen LogP contribution in [0, 0.1) is 13.8 Å². The summed E-state index contributed by atoms with van der Waals surface area (Å²) in [6.45, 7) is 5.87. The fraction of sp³-hybridized carbons (Fsp3) is 0.389. The normalized spacial score (nSPS) is 17.5. The van der Waals surface area contributed by atoms with Crippen LogP contribution in [-0.4, -0.2) is 34.4 Å². The van der Waals surface area contributed by atoms with E-state index in [1.54, 1.807) is 30.7 Å². The molecule has 6 heteroatoms. The molecule has 24 heavy (non-hydrogen) atoms. The molecule has 0 radical (unpaired) electrons. The van der Waals surface area contributed by atoms with Crippen LogP contribution in [0.15, 0.2) is 35.7 Å². The highest BCUT2D eigenvalue weighted by atomic mass is 16.5. The van der Waals surface area contributed by atoms with Crippen LogP contribution < -0.4 is 5.43 Å². The van der Waals surface area contributed by atoms with Gasteiger partial charge in [0.2, 0.25) is 0 Å². The van der Waals surface area contributed by atoms with E-state index in [0.717, 1.165) is 37.3 Å². The standard InChI is InChI=1S/C18H22N4O2/c1-13-10-16(14(2)22(13)12-17-4-3-9-24-17)11-20-21-18(23)15-5-7-19-8-6-15/h5-8,10-11,17H,3-4,9,12H2,1-2H3,(H,21,23)/b20-11-/t17-/m0/s1. The minimum Gasteiger partial charge on any atom is -0.376 e. The van der Waals surface area contributed by atoms with E-state index in [-0.39, 0.29) is 5.91 Å². The third kappa shape index (κ3) is 3.71. The first-order valence-electron chi connectivity index (χ1n) is 8.17. The van der Waals surface area contributed by atoms with Crippen molar-refractivity contribution >= 4 is 12.1 Å². The van der Waals surface area contributed by atoms with E-state index in [2.05, 4.69) is 40.0 Å². The Bertz CT molecular complexity index is 731. The van der Waals surface area contributed by atoms with Gasteiger partial charge in [0.15, 0.2) is 0 Å². The summed E-state index contributed by atoms with van der Waals surface area (Å²) in [7, 11) is 0. The van der Waals surface area contributed by atoms with E-state index >= 15 is 0 Å². The highest BCUT2D eigenvalue weighted by Gasteiger charge is 2.18. The van der Waals surface area contributed by atoms with Gasteiger partial charge in [-0.3, -0.25) is 9.78 Å². The summed E-state index contributed by atoms with van der Waals surface area (Å²) in [5.41, 5.74) is 6.38. The molecular weight excluding hydrogens is 304 g/mol. The molecule has 0 aromatic carbocycles. The molecule has 0 unspecified atom stereocenters. The van der Waals surface area contributed by atoms with Gasteiger partial charge in [0.25, 0.3) is 5.91 Å². The summed E-state index contributed by atoms with van der Waals surface area (Å²) < 4.78 is 7.97. The maximum atomic E-state index is 11.9. The van der Waals surface area contributed by atoms with Gasteiger partial charge in [-0.1, -0.05) is 0 Å². The molecule has 1 aliphatic rings. The Morgan fingerprint density at radius 3 is 2.96 bits per heavy atom. The quantitative estimate of drug-likeness (QED) is 0.678. The molecule has 1 aliphatic heterocycles. The average Bonchev–Trinajstić information content (AvgIpc) is 3.20. The van der Waals surface area contributed by atoms with Crippen molar-refractivity contribution in [3.63, 3.8) is 0 Å². The monoisotopic (exact) mass is 326 g/mol. The summed E-state index contributed by atoms with van der Waals surface area (Å²) >= 11 is 0. The molecule has 1 atom stereocenters. The molecule has 1 N–H and O–H groups in total. The molecule has 0 saturated carbocycles. The first kappa shape index (κ1) is 16.4. The number of amides is 1. The predicted molar refractivity (Wildman–Crippen MR) is 92.2 cm³/mol. The van der Waals surface area contributed by atoms with Crippen molar-refractivity contribution in [2.45, 2.75) is 39.3 Å². The molecule has 0 bridgehead atoms. The van der Waals surface area contributed by atoms with Crippen LogP contribution in [0.3, 0.4) is 0 Å². The second kappa shape index (κ2) is 7.40. The Balaban J connectivity index is 1.65. The van der Waals surface area contributed by atoms with E-state index in [1.807, 2.05) is 0 Å². The van der Waals surface area contributed by atoms with Crippen molar-refractivity contribution in [2.75, 3.05) is 6.61 Å². The number of aromatic nitrogens is 2. The molecule has 3 heterocycles. The number of carbonyl (C=O) groups is 1. The number of rotatable bonds is 5. The molecule has 6 nitrogen and oxygen atoms in total. The van der Waals surface area contributed by atoms with E-state index in [9.17, 15) is 4.79 Å². The number of nitrogens with zero attached hydrogens (tertiary/aromatic N) is 3. The van der Waals surface area contributed by atoms with Crippen molar-refractivity contribution in [1.82, 2.24) is 15.0 Å². The third-order valence-corrected chi connectivity index (χ3v) is 4.34. The first-order valence-corrected chi connectivity index (χ1v) is 8.17. The lowest BCUT2D eigenvalue weighted by molar-refractivity contribution is 0.0954. The molecule has 0 spiro atoms. The summed E-state index contributed by atoms with van der Waals surface area (Å²) in [6, 6.07) is 5.38. The molecule has 1 fully saturated rings. The van der Waals surface area contributed by atoms with E-state index in [1.165, 1.54) is 5.69 Å².